The van der Waals surface area contributed by atoms with Gasteiger partial charge in [-0.15, -0.1) is 0 Å². The van der Waals surface area contributed by atoms with Crippen molar-refractivity contribution < 1.29 is 32.2 Å². The van der Waals surface area contributed by atoms with Crippen LogP contribution in [0.1, 0.15) is 18.1 Å². The van der Waals surface area contributed by atoms with Crippen LogP contribution in [0.5, 0.6) is 17.2 Å². The number of fused-ring (bicyclic) bond motifs is 1. The van der Waals surface area contributed by atoms with E-state index in [-0.39, 0.29) is 5.69 Å². The summed E-state index contributed by atoms with van der Waals surface area (Å²) in [4.78, 5) is 12.6. The van der Waals surface area contributed by atoms with Crippen molar-refractivity contribution in [3.63, 3.8) is 0 Å². The van der Waals surface area contributed by atoms with Gasteiger partial charge in [0.25, 0.3) is 0 Å². The van der Waals surface area contributed by atoms with E-state index < -0.39 is 17.5 Å². The number of methoxy groups -OCH3 is 3. The van der Waals surface area contributed by atoms with Gasteiger partial charge in [0.2, 0.25) is 5.91 Å². The number of ether oxygens (including phenoxy) is 3. The van der Waals surface area contributed by atoms with Gasteiger partial charge in [-0.2, -0.15) is 0 Å². The summed E-state index contributed by atoms with van der Waals surface area (Å²) < 4.78 is 50.0. The van der Waals surface area contributed by atoms with Crippen molar-refractivity contribution in [3.05, 3.63) is 77.6 Å². The lowest BCUT2D eigenvalue weighted by molar-refractivity contribution is -0.111. The Morgan fingerprint density at radius 1 is 0.972 bits per heavy atom. The Bertz CT molecular complexity index is 1490. The van der Waals surface area contributed by atoms with Gasteiger partial charge in [0.1, 0.15) is 34.5 Å². The Balaban J connectivity index is 1.81. The maximum absolute atomic E-state index is 14.0. The highest BCUT2D eigenvalue weighted by Gasteiger charge is 2.21. The number of allylic oxidation sites excluding steroid dienone is 1. The fourth-order valence-corrected chi connectivity index (χ4v) is 4.14. The first-order valence-corrected chi connectivity index (χ1v) is 11.0. The average molecular weight is 494 g/mol. The molecule has 1 amide bonds. The second-order valence-electron chi connectivity index (χ2n) is 8.12. The molecular weight excluding hydrogens is 468 g/mol. The van der Waals surface area contributed by atoms with Crippen molar-refractivity contribution in [1.82, 2.24) is 0 Å². The summed E-state index contributed by atoms with van der Waals surface area (Å²) in [7, 11) is 4.70. The summed E-state index contributed by atoms with van der Waals surface area (Å²) >= 11 is 0. The summed E-state index contributed by atoms with van der Waals surface area (Å²) in [5.41, 5.74) is 3.85. The quantitative estimate of drug-likeness (QED) is 0.288. The fourth-order valence-electron chi connectivity index (χ4n) is 4.14. The van der Waals surface area contributed by atoms with Gasteiger partial charge in [-0.3, -0.25) is 4.79 Å². The van der Waals surface area contributed by atoms with Crippen LogP contribution in [0.2, 0.25) is 0 Å². The first kappa shape index (κ1) is 24.8. The predicted molar refractivity (Wildman–Crippen MR) is 135 cm³/mol. The van der Waals surface area contributed by atoms with Crippen molar-refractivity contribution in [1.29, 1.82) is 0 Å². The number of rotatable bonds is 7. The van der Waals surface area contributed by atoms with Crippen LogP contribution < -0.4 is 19.5 Å². The van der Waals surface area contributed by atoms with Crippen LogP contribution in [0.15, 0.2) is 59.2 Å². The molecule has 1 N–H and O–H groups in total. The number of halogens is 2. The van der Waals surface area contributed by atoms with Crippen LogP contribution in [0, 0.1) is 18.6 Å². The number of carbonyl (C=O) groups excluding carboxylic acids is 1. The minimum atomic E-state index is -0.735. The van der Waals surface area contributed by atoms with Gasteiger partial charge in [0.15, 0.2) is 0 Å². The number of hydrogen-bond donors (Lipinski definition) is 1. The SMILES string of the molecule is COc1ccc(OC)c(-c2coc3c(C)c(OC)c(/C(C)=C/C(=O)Nc4cc(F)ccc4F)cc23)c1. The monoisotopic (exact) mass is 493 g/mol. The summed E-state index contributed by atoms with van der Waals surface area (Å²) in [6.07, 6.45) is 2.94. The first-order valence-electron chi connectivity index (χ1n) is 11.0. The molecule has 3 aromatic carbocycles. The molecule has 0 aliphatic carbocycles. The first-order chi connectivity index (χ1) is 17.3. The predicted octanol–water partition coefficient (Wildman–Crippen LogP) is 6.75. The number of hydrogen-bond acceptors (Lipinski definition) is 5. The summed E-state index contributed by atoms with van der Waals surface area (Å²) in [6, 6.07) is 10.2. The lowest BCUT2D eigenvalue weighted by atomic mass is 9.96. The second kappa shape index (κ2) is 10.1. The van der Waals surface area contributed by atoms with E-state index in [1.54, 1.807) is 33.5 Å². The number of furan rings is 1. The van der Waals surface area contributed by atoms with E-state index in [1.165, 1.54) is 13.2 Å². The molecule has 8 heteroatoms. The van der Waals surface area contributed by atoms with E-state index in [1.807, 2.05) is 25.1 Å². The van der Waals surface area contributed by atoms with Crippen LogP contribution >= 0.6 is 0 Å². The molecule has 0 aliphatic rings. The number of carbonyl (C=O) groups is 1. The van der Waals surface area contributed by atoms with Crippen LogP contribution in [-0.2, 0) is 4.79 Å². The lowest BCUT2D eigenvalue weighted by Crippen LogP contribution is -2.10. The molecule has 0 aliphatic heterocycles. The van der Waals surface area contributed by atoms with E-state index in [4.69, 9.17) is 18.6 Å². The third kappa shape index (κ3) is 4.62. The normalized spacial score (nSPS) is 11.5. The third-order valence-electron chi connectivity index (χ3n) is 5.90. The van der Waals surface area contributed by atoms with Gasteiger partial charge in [0.05, 0.1) is 33.3 Å². The van der Waals surface area contributed by atoms with Crippen LogP contribution in [0.4, 0.5) is 14.5 Å². The van der Waals surface area contributed by atoms with Crippen molar-refractivity contribution in [3.8, 4) is 28.4 Å². The van der Waals surface area contributed by atoms with E-state index in [9.17, 15) is 13.6 Å². The molecule has 0 atom stereocenters. The van der Waals surface area contributed by atoms with E-state index >= 15 is 0 Å². The molecule has 4 rings (SSSR count). The lowest BCUT2D eigenvalue weighted by Gasteiger charge is -2.14. The minimum Gasteiger partial charge on any atom is -0.497 e. The Morgan fingerprint density at radius 3 is 2.44 bits per heavy atom. The highest BCUT2D eigenvalue weighted by Crippen LogP contribution is 2.43. The number of anilines is 1. The molecule has 0 spiro atoms. The highest BCUT2D eigenvalue weighted by atomic mass is 19.1. The van der Waals surface area contributed by atoms with Gasteiger partial charge in [0, 0.05) is 39.8 Å². The standard InChI is InChI=1S/C28H25F2NO5/c1-15(10-26(32)31-24-11-17(29)6-8-23(24)30)19-13-21-22(14-36-28(21)16(2)27(19)35-5)20-12-18(33-3)7-9-25(20)34-4/h6-14H,1-5H3,(H,31,32)/b15-10+. The largest absolute Gasteiger partial charge is 0.497 e. The molecule has 0 fully saturated rings. The Labute approximate surface area is 207 Å². The van der Waals surface area contributed by atoms with Crippen molar-refractivity contribution in [2.24, 2.45) is 0 Å². The van der Waals surface area contributed by atoms with Crippen molar-refractivity contribution in [2.45, 2.75) is 13.8 Å². The van der Waals surface area contributed by atoms with Gasteiger partial charge in [-0.25, -0.2) is 8.78 Å². The van der Waals surface area contributed by atoms with Crippen LogP contribution in [-0.4, -0.2) is 27.2 Å². The number of benzene rings is 3. The van der Waals surface area contributed by atoms with Gasteiger partial charge >= 0.3 is 0 Å². The number of amides is 1. The number of nitrogens with one attached hydrogen (secondary N) is 1. The van der Waals surface area contributed by atoms with Gasteiger partial charge < -0.3 is 23.9 Å². The van der Waals surface area contributed by atoms with Gasteiger partial charge in [-0.05, 0) is 55.8 Å². The maximum atomic E-state index is 14.0. The zero-order valence-electron chi connectivity index (χ0n) is 20.5. The molecule has 0 bridgehead atoms. The molecule has 1 heterocycles. The molecule has 6 nitrogen and oxygen atoms in total. The maximum Gasteiger partial charge on any atom is 0.248 e. The molecule has 0 unspecified atom stereocenters. The van der Waals surface area contributed by atoms with Crippen LogP contribution in [0.25, 0.3) is 27.7 Å². The zero-order chi connectivity index (χ0) is 26.0. The Hall–Kier alpha value is -4.33. The van der Waals surface area contributed by atoms with E-state index in [2.05, 4.69) is 5.32 Å². The summed E-state index contributed by atoms with van der Waals surface area (Å²) in [5.74, 6) is -0.185. The molecule has 1 aromatic heterocycles. The topological polar surface area (TPSA) is 69.9 Å². The molecule has 36 heavy (non-hydrogen) atoms. The zero-order valence-corrected chi connectivity index (χ0v) is 20.5. The van der Waals surface area contributed by atoms with E-state index in [0.29, 0.717) is 34.0 Å². The molecule has 0 radical (unpaired) electrons. The fraction of sp³-hybridized carbons (Fsp3) is 0.179. The third-order valence-corrected chi connectivity index (χ3v) is 5.90. The molecule has 0 saturated heterocycles. The number of aryl methyl sites for hydroxylation is 1. The second-order valence-corrected chi connectivity index (χ2v) is 8.12. The highest BCUT2D eigenvalue weighted by molar-refractivity contribution is 6.06. The molecular formula is C28H25F2NO5. The van der Waals surface area contributed by atoms with Gasteiger partial charge in [-0.1, -0.05) is 0 Å². The average Bonchev–Trinajstić information content (AvgIpc) is 3.29. The van der Waals surface area contributed by atoms with Crippen LogP contribution in [0.3, 0.4) is 0 Å². The van der Waals surface area contributed by atoms with Crippen molar-refractivity contribution >= 4 is 28.1 Å². The molecule has 0 saturated carbocycles. The molecule has 186 valence electrons. The van der Waals surface area contributed by atoms with Crippen molar-refractivity contribution in [2.75, 3.05) is 26.6 Å². The smallest absolute Gasteiger partial charge is 0.248 e. The Morgan fingerprint density at radius 2 is 1.75 bits per heavy atom. The minimum absolute atomic E-state index is 0.245. The Kier molecular flexibility index (Phi) is 6.96. The summed E-state index contributed by atoms with van der Waals surface area (Å²) in [6.45, 7) is 3.59. The van der Waals surface area contributed by atoms with E-state index in [0.717, 1.165) is 40.3 Å². The summed E-state index contributed by atoms with van der Waals surface area (Å²) in [5, 5.41) is 3.16. The molecule has 4 aromatic rings.